The number of aromatic amines is 2. The molecule has 0 fully saturated rings. The first-order valence-electron chi connectivity index (χ1n) is 13.2. The number of pyridine rings is 4. The van der Waals surface area contributed by atoms with Gasteiger partial charge in [0.15, 0.2) is 23.3 Å². The highest BCUT2D eigenvalue weighted by atomic mass is 15.1. The summed E-state index contributed by atoms with van der Waals surface area (Å²) < 4.78 is 0. The van der Waals surface area contributed by atoms with Crippen molar-refractivity contribution in [3.8, 4) is 45.6 Å². The van der Waals surface area contributed by atoms with Crippen molar-refractivity contribution in [2.45, 2.75) is 0 Å². The van der Waals surface area contributed by atoms with Gasteiger partial charge in [-0.3, -0.25) is 0 Å². The molecule has 0 atom stereocenters. The maximum Gasteiger partial charge on any atom is 0.166 e. The van der Waals surface area contributed by atoms with Crippen LogP contribution in [0.4, 0.5) is 23.3 Å². The number of hydrogen-bond donors (Lipinski definition) is 6. The van der Waals surface area contributed by atoms with E-state index in [-0.39, 0.29) is 0 Å². The molecule has 9 heterocycles. The molecule has 2 aliphatic rings. The number of nitrogens with one attached hydrogen (secondary N) is 2. The van der Waals surface area contributed by atoms with Gasteiger partial charge >= 0.3 is 0 Å². The fourth-order valence-corrected chi connectivity index (χ4v) is 5.43. The van der Waals surface area contributed by atoms with E-state index < -0.39 is 0 Å². The molecule has 16 heteroatoms. The molecule has 2 aliphatic heterocycles. The highest BCUT2D eigenvalue weighted by Gasteiger charge is 2.23. The molecule has 0 spiro atoms. The number of rotatable bonds is 0. The summed E-state index contributed by atoms with van der Waals surface area (Å²) in [5, 5.41) is 2.71. The van der Waals surface area contributed by atoms with Crippen LogP contribution in [-0.4, -0.2) is 59.8 Å². The number of anilines is 4. The third-order valence-corrected chi connectivity index (χ3v) is 7.45. The average Bonchev–Trinajstić information content (AvgIpc) is 3.71. The van der Waals surface area contributed by atoms with Crippen LogP contribution in [0, 0.1) is 0 Å². The summed E-state index contributed by atoms with van der Waals surface area (Å²) in [6.07, 6.45) is 6.49. The molecule has 0 unspecified atom stereocenters. The molecule has 10 N–H and O–H groups in total. The molecular weight excluding hydrogens is 560 g/mol. The first kappa shape index (κ1) is 23.8. The van der Waals surface area contributed by atoms with Crippen LogP contribution >= 0.6 is 0 Å². The summed E-state index contributed by atoms with van der Waals surface area (Å²) in [6.45, 7) is 0. The fourth-order valence-electron chi connectivity index (χ4n) is 5.43. The summed E-state index contributed by atoms with van der Waals surface area (Å²) in [4.78, 5) is 52.8. The molecule has 0 radical (unpaired) electrons. The van der Waals surface area contributed by atoms with E-state index >= 15 is 0 Å². The number of aromatic nitrogens is 12. The minimum absolute atomic E-state index is 0.310. The summed E-state index contributed by atoms with van der Waals surface area (Å²) in [5.41, 5.74) is 28.7. The molecule has 44 heavy (non-hydrogen) atoms. The molecule has 0 aromatic carbocycles. The second kappa shape index (κ2) is 8.35. The van der Waals surface area contributed by atoms with Gasteiger partial charge in [0.25, 0.3) is 0 Å². The van der Waals surface area contributed by atoms with Crippen LogP contribution in [0.1, 0.15) is 0 Å². The number of fused-ring (bicyclic) bond motifs is 20. The molecule has 7 aromatic rings. The lowest BCUT2D eigenvalue weighted by molar-refractivity contribution is 1.19. The summed E-state index contributed by atoms with van der Waals surface area (Å²) in [5.74, 6) is 2.72. The van der Waals surface area contributed by atoms with Crippen LogP contribution in [-0.2, 0) is 0 Å². The Morgan fingerprint density at radius 3 is 1.14 bits per heavy atom. The summed E-state index contributed by atoms with van der Waals surface area (Å²) >= 11 is 0. The van der Waals surface area contributed by atoms with Crippen molar-refractivity contribution in [2.75, 3.05) is 22.9 Å². The molecule has 9 rings (SSSR count). The third-order valence-electron chi connectivity index (χ3n) is 7.45. The summed E-state index contributed by atoms with van der Waals surface area (Å²) in [7, 11) is 0. The lowest BCUT2D eigenvalue weighted by Crippen LogP contribution is -1.91. The number of nitrogens with zero attached hydrogens (tertiary/aromatic N) is 10. The van der Waals surface area contributed by atoms with Gasteiger partial charge in [0.05, 0.1) is 0 Å². The van der Waals surface area contributed by atoms with E-state index in [1.54, 1.807) is 49.1 Å². The van der Waals surface area contributed by atoms with Gasteiger partial charge in [-0.1, -0.05) is 0 Å². The van der Waals surface area contributed by atoms with Gasteiger partial charge in [0.2, 0.25) is 0 Å². The number of nitrogens with two attached hydrogens (primary N) is 4. The minimum atomic E-state index is 0.310. The van der Waals surface area contributed by atoms with Crippen molar-refractivity contribution in [2.24, 2.45) is 0 Å². The first-order valence-corrected chi connectivity index (χ1v) is 13.2. The molecular formula is C28H18N16. The van der Waals surface area contributed by atoms with Gasteiger partial charge in [-0.2, -0.15) is 0 Å². The van der Waals surface area contributed by atoms with Crippen molar-refractivity contribution in [3.05, 3.63) is 49.1 Å². The zero-order chi connectivity index (χ0) is 29.7. The van der Waals surface area contributed by atoms with E-state index in [0.717, 1.165) is 0 Å². The van der Waals surface area contributed by atoms with E-state index in [4.69, 9.17) is 52.8 Å². The maximum atomic E-state index is 6.08. The maximum absolute atomic E-state index is 6.08. The Hall–Kier alpha value is -6.84. The summed E-state index contributed by atoms with van der Waals surface area (Å²) in [6, 6.07) is 6.84. The highest BCUT2D eigenvalue weighted by Crippen LogP contribution is 2.37. The van der Waals surface area contributed by atoms with Crippen LogP contribution in [0.3, 0.4) is 0 Å². The van der Waals surface area contributed by atoms with Crippen molar-refractivity contribution in [1.29, 1.82) is 0 Å². The van der Waals surface area contributed by atoms with Gasteiger partial charge in [0.1, 0.15) is 45.9 Å². The predicted octanol–water partition coefficient (Wildman–Crippen LogP) is 2.78. The normalized spacial score (nSPS) is 12.0. The van der Waals surface area contributed by atoms with Crippen molar-refractivity contribution in [1.82, 2.24) is 59.8 Å². The van der Waals surface area contributed by atoms with E-state index in [2.05, 4.69) is 29.9 Å². The SMILES string of the molecule is Nc1cc2c(cn1)-c1nc-2nc2[nH]c(nc3nc(nc4[nH]c(n1)c1cc(N)ncc41)-c1cc(N)ncc1-3)c1cc(N)ncc21. The van der Waals surface area contributed by atoms with E-state index in [0.29, 0.717) is 113 Å². The smallest absolute Gasteiger partial charge is 0.166 e. The Kier molecular flexibility index (Phi) is 4.52. The second-order valence-electron chi connectivity index (χ2n) is 10.2. The molecule has 0 amide bonds. The second-order valence-corrected chi connectivity index (χ2v) is 10.2. The van der Waals surface area contributed by atoms with Crippen LogP contribution in [0.2, 0.25) is 0 Å². The fraction of sp³-hybridized carbons (Fsp3) is 0. The monoisotopic (exact) mass is 578 g/mol. The number of H-pyrrole nitrogens is 2. The number of nitrogen functional groups attached to an aromatic ring is 4. The van der Waals surface area contributed by atoms with Gasteiger partial charge in [-0.05, 0) is 24.3 Å². The third kappa shape index (κ3) is 3.44. The molecule has 8 bridgehead atoms. The Bertz CT molecular complexity index is 2390. The quantitative estimate of drug-likeness (QED) is 0.151. The zero-order valence-electron chi connectivity index (χ0n) is 22.4. The molecule has 7 aromatic heterocycles. The Morgan fingerprint density at radius 1 is 0.364 bits per heavy atom. The Balaban J connectivity index is 1.51. The minimum Gasteiger partial charge on any atom is -0.384 e. The predicted molar refractivity (Wildman–Crippen MR) is 165 cm³/mol. The Labute approximate surface area is 244 Å². The Morgan fingerprint density at radius 2 is 0.705 bits per heavy atom. The lowest BCUT2D eigenvalue weighted by Gasteiger charge is -1.99. The van der Waals surface area contributed by atoms with Gasteiger partial charge in [0, 0.05) is 68.6 Å². The highest BCUT2D eigenvalue weighted by molar-refractivity contribution is 6.06. The van der Waals surface area contributed by atoms with Crippen molar-refractivity contribution < 1.29 is 0 Å². The number of hydrogen-bond acceptors (Lipinski definition) is 14. The van der Waals surface area contributed by atoms with Crippen LogP contribution < -0.4 is 22.9 Å². The van der Waals surface area contributed by atoms with E-state index in [9.17, 15) is 0 Å². The molecule has 0 aliphatic carbocycles. The van der Waals surface area contributed by atoms with E-state index in [1.807, 2.05) is 0 Å². The molecule has 210 valence electrons. The average molecular weight is 579 g/mol. The molecule has 16 nitrogen and oxygen atoms in total. The lowest BCUT2D eigenvalue weighted by atomic mass is 10.1. The van der Waals surface area contributed by atoms with Gasteiger partial charge in [-0.25, -0.2) is 49.8 Å². The largest absolute Gasteiger partial charge is 0.384 e. The first-order chi connectivity index (χ1) is 21.4. The van der Waals surface area contributed by atoms with Crippen LogP contribution in [0.5, 0.6) is 0 Å². The van der Waals surface area contributed by atoms with Gasteiger partial charge < -0.3 is 32.9 Å². The van der Waals surface area contributed by atoms with E-state index in [1.165, 1.54) is 0 Å². The van der Waals surface area contributed by atoms with Crippen LogP contribution in [0.15, 0.2) is 49.1 Å². The van der Waals surface area contributed by atoms with Crippen molar-refractivity contribution in [3.63, 3.8) is 0 Å². The van der Waals surface area contributed by atoms with Crippen molar-refractivity contribution >= 4 is 67.4 Å². The standard InChI is InChI=1S/C28H18N16/c29-17-1-9-13(5-33-17)25-37-21(9)41-26-14-6-34-18(30)2-10(14)23(38-26)43-28-16-8-36-20(32)4-12(16)24(40-28)44-27-15-7-35-19(31)3-11(15)22(39-27)42-25/h1-8H,(H2,29,33)(H2,30,34)(H2,31,35)(H2,32,36)(H2,37,38,39,40,41,42,43,44). The topological polar surface area (TPSA) is 265 Å². The molecule has 0 saturated heterocycles. The van der Waals surface area contributed by atoms with Crippen LogP contribution in [0.25, 0.3) is 89.7 Å². The van der Waals surface area contributed by atoms with Gasteiger partial charge in [-0.15, -0.1) is 0 Å². The molecule has 0 saturated carbocycles. The zero-order valence-corrected chi connectivity index (χ0v) is 22.4.